The number of nitrogens with one attached hydrogen (secondary N) is 1. The Morgan fingerprint density at radius 3 is 2.44 bits per heavy atom. The molecule has 0 heterocycles. The molecule has 3 N–H and O–H groups in total. The molecule has 1 fully saturated rings. The molecular weight excluding hydrogens is 245 g/mol. The maximum atomic E-state index is 12.1. The van der Waals surface area contributed by atoms with Gasteiger partial charge in [-0.05, 0) is 12.8 Å². The molecule has 0 aromatic carbocycles. The Morgan fingerprint density at radius 1 is 1.33 bits per heavy atom. The molecule has 4 nitrogen and oxygen atoms in total. The van der Waals surface area contributed by atoms with Gasteiger partial charge < -0.3 is 4.90 Å². The van der Waals surface area contributed by atoms with Gasteiger partial charge in [0.05, 0.1) is 12.5 Å². The number of hydrazine groups is 1. The fourth-order valence-corrected chi connectivity index (χ4v) is 2.03. The van der Waals surface area contributed by atoms with Crippen LogP contribution in [-0.4, -0.2) is 36.7 Å². The van der Waals surface area contributed by atoms with Gasteiger partial charge in [-0.15, -0.1) is 0 Å². The van der Waals surface area contributed by atoms with Gasteiger partial charge in [0.1, 0.15) is 0 Å². The summed E-state index contributed by atoms with van der Waals surface area (Å²) in [5, 5.41) is 0. The number of nitrogens with two attached hydrogens (primary N) is 1. The molecule has 0 atom stereocenters. The predicted octanol–water partition coefficient (Wildman–Crippen LogP) is 2.02. The second-order valence-corrected chi connectivity index (χ2v) is 4.68. The highest BCUT2D eigenvalue weighted by atomic mass is 19.4. The average molecular weight is 266 g/mol. The number of hydrogen-bond acceptors (Lipinski definition) is 2. The highest BCUT2D eigenvalue weighted by molar-refractivity contribution is 5.79. The lowest BCUT2D eigenvalue weighted by Gasteiger charge is -2.24. The summed E-state index contributed by atoms with van der Waals surface area (Å²) < 4.78 is 36.4. The number of aliphatic imine (C=N–C) groups is 1. The molecule has 0 amide bonds. The molecule has 0 radical (unpaired) electrons. The maximum Gasteiger partial charge on any atom is 0.390 e. The number of alkyl halides is 3. The van der Waals surface area contributed by atoms with Crippen molar-refractivity contribution in [3.8, 4) is 0 Å². The smallest absolute Gasteiger partial charge is 0.345 e. The maximum absolute atomic E-state index is 12.1. The van der Waals surface area contributed by atoms with Crippen molar-refractivity contribution in [3.05, 3.63) is 0 Å². The van der Waals surface area contributed by atoms with Gasteiger partial charge in [-0.3, -0.25) is 5.43 Å². The molecular formula is C11H21F3N4. The summed E-state index contributed by atoms with van der Waals surface area (Å²) in [4.78, 5) is 5.81. The number of nitrogens with zero attached hydrogens (tertiary/aromatic N) is 2. The molecule has 1 rings (SSSR count). The molecule has 0 spiro atoms. The van der Waals surface area contributed by atoms with E-state index in [4.69, 9.17) is 5.84 Å². The van der Waals surface area contributed by atoms with E-state index in [9.17, 15) is 13.2 Å². The van der Waals surface area contributed by atoms with Gasteiger partial charge in [0, 0.05) is 13.6 Å². The van der Waals surface area contributed by atoms with Crippen LogP contribution in [0.3, 0.4) is 0 Å². The summed E-state index contributed by atoms with van der Waals surface area (Å²) in [6.45, 7) is -0.140. The van der Waals surface area contributed by atoms with Crippen LogP contribution in [0.15, 0.2) is 4.99 Å². The van der Waals surface area contributed by atoms with Crippen molar-refractivity contribution in [2.24, 2.45) is 10.8 Å². The van der Waals surface area contributed by atoms with Gasteiger partial charge in [-0.1, -0.05) is 19.3 Å². The van der Waals surface area contributed by atoms with Gasteiger partial charge in [-0.25, -0.2) is 10.8 Å². The molecule has 106 valence electrons. The van der Waals surface area contributed by atoms with E-state index in [1.165, 1.54) is 11.3 Å². The van der Waals surface area contributed by atoms with Crippen LogP contribution in [0, 0.1) is 0 Å². The molecule has 0 aromatic heterocycles. The fraction of sp³-hybridized carbons (Fsp3) is 0.909. The van der Waals surface area contributed by atoms with Gasteiger partial charge in [0.2, 0.25) is 5.96 Å². The summed E-state index contributed by atoms with van der Waals surface area (Å²) in [5.74, 6) is 5.67. The molecule has 0 aliphatic heterocycles. The summed E-state index contributed by atoms with van der Waals surface area (Å²) in [7, 11) is 1.56. The Labute approximate surface area is 105 Å². The van der Waals surface area contributed by atoms with Crippen molar-refractivity contribution >= 4 is 5.96 Å². The van der Waals surface area contributed by atoms with Gasteiger partial charge in [-0.2, -0.15) is 13.2 Å². The van der Waals surface area contributed by atoms with Crippen LogP contribution in [-0.2, 0) is 0 Å². The van der Waals surface area contributed by atoms with E-state index >= 15 is 0 Å². The third-order valence-corrected chi connectivity index (χ3v) is 3.10. The largest absolute Gasteiger partial charge is 0.390 e. The number of guanidine groups is 1. The van der Waals surface area contributed by atoms with E-state index in [-0.39, 0.29) is 12.6 Å². The first-order valence-electron chi connectivity index (χ1n) is 6.24. The molecule has 1 aliphatic carbocycles. The SMILES string of the molecule is CN(CCC(F)(F)F)C(=NC1CCCCC1)NN. The normalized spacial score (nSPS) is 18.8. The second-order valence-electron chi connectivity index (χ2n) is 4.68. The van der Waals surface area contributed by atoms with E-state index in [0.717, 1.165) is 25.7 Å². The number of rotatable bonds is 3. The average Bonchev–Trinajstić information content (AvgIpc) is 2.33. The highest BCUT2D eigenvalue weighted by Gasteiger charge is 2.27. The minimum atomic E-state index is -4.15. The van der Waals surface area contributed by atoms with E-state index in [1.807, 2.05) is 0 Å². The Kier molecular flexibility index (Phi) is 5.71. The molecule has 0 unspecified atom stereocenters. The van der Waals surface area contributed by atoms with E-state index in [2.05, 4.69) is 10.4 Å². The Hall–Kier alpha value is -0.980. The summed E-state index contributed by atoms with van der Waals surface area (Å²) >= 11 is 0. The first kappa shape index (κ1) is 15.1. The van der Waals surface area contributed by atoms with Crippen LogP contribution >= 0.6 is 0 Å². The monoisotopic (exact) mass is 266 g/mol. The van der Waals surface area contributed by atoms with Crippen molar-refractivity contribution < 1.29 is 13.2 Å². The second kappa shape index (κ2) is 6.82. The van der Waals surface area contributed by atoms with Gasteiger partial charge in [0.15, 0.2) is 0 Å². The Balaban J connectivity index is 2.50. The summed E-state index contributed by atoms with van der Waals surface area (Å²) in [6, 6.07) is 0.179. The molecule has 1 aliphatic rings. The van der Waals surface area contributed by atoms with E-state index in [0.29, 0.717) is 5.96 Å². The molecule has 18 heavy (non-hydrogen) atoms. The molecule has 1 saturated carbocycles. The predicted molar refractivity (Wildman–Crippen MR) is 64.9 cm³/mol. The third kappa shape index (κ3) is 5.57. The van der Waals surface area contributed by atoms with Crippen molar-refractivity contribution in [2.45, 2.75) is 50.7 Å². The minimum Gasteiger partial charge on any atom is -0.345 e. The highest BCUT2D eigenvalue weighted by Crippen LogP contribution is 2.21. The van der Waals surface area contributed by atoms with Gasteiger partial charge in [0.25, 0.3) is 0 Å². The zero-order valence-electron chi connectivity index (χ0n) is 10.6. The first-order chi connectivity index (χ1) is 8.42. The zero-order valence-corrected chi connectivity index (χ0v) is 10.6. The Morgan fingerprint density at radius 2 is 1.94 bits per heavy atom. The lowest BCUT2D eigenvalue weighted by Crippen LogP contribution is -2.44. The number of hydrogen-bond donors (Lipinski definition) is 2. The van der Waals surface area contributed by atoms with E-state index in [1.54, 1.807) is 7.05 Å². The van der Waals surface area contributed by atoms with Crippen LogP contribution in [0.25, 0.3) is 0 Å². The molecule has 0 bridgehead atoms. The van der Waals surface area contributed by atoms with Crippen molar-refractivity contribution in [3.63, 3.8) is 0 Å². The number of halogens is 3. The van der Waals surface area contributed by atoms with Crippen LogP contribution < -0.4 is 11.3 Å². The van der Waals surface area contributed by atoms with E-state index < -0.39 is 12.6 Å². The minimum absolute atomic E-state index is 0.140. The lowest BCUT2D eigenvalue weighted by atomic mass is 9.96. The van der Waals surface area contributed by atoms with Crippen molar-refractivity contribution in [2.75, 3.05) is 13.6 Å². The zero-order chi connectivity index (χ0) is 13.6. The molecule has 0 aromatic rings. The van der Waals surface area contributed by atoms with Crippen molar-refractivity contribution in [1.29, 1.82) is 0 Å². The summed E-state index contributed by atoms with van der Waals surface area (Å²) in [6.07, 6.45) is 0.405. The van der Waals surface area contributed by atoms with Gasteiger partial charge >= 0.3 is 6.18 Å². The van der Waals surface area contributed by atoms with Crippen LogP contribution in [0.5, 0.6) is 0 Å². The fourth-order valence-electron chi connectivity index (χ4n) is 2.03. The molecule has 0 saturated heterocycles. The quantitative estimate of drug-likeness (QED) is 0.356. The van der Waals surface area contributed by atoms with Crippen LogP contribution in [0.2, 0.25) is 0 Å². The van der Waals surface area contributed by atoms with Crippen molar-refractivity contribution in [1.82, 2.24) is 10.3 Å². The van der Waals surface area contributed by atoms with Crippen LogP contribution in [0.4, 0.5) is 13.2 Å². The molecule has 7 heteroatoms. The standard InChI is InChI=1S/C11H21F3N4/c1-18(8-7-11(12,13)14)10(17-15)16-9-5-3-2-4-6-9/h9H,2-8,15H2,1H3,(H,16,17). The summed E-state index contributed by atoms with van der Waals surface area (Å²) in [5.41, 5.74) is 2.39. The topological polar surface area (TPSA) is 53.6 Å². The first-order valence-corrected chi connectivity index (χ1v) is 6.24. The third-order valence-electron chi connectivity index (χ3n) is 3.10. The lowest BCUT2D eigenvalue weighted by molar-refractivity contribution is -0.135. The van der Waals surface area contributed by atoms with Crippen LogP contribution in [0.1, 0.15) is 38.5 Å². The Bertz CT molecular complexity index is 272.